The van der Waals surface area contributed by atoms with Crippen LogP contribution in [-0.2, 0) is 32.7 Å². The number of nitrogens with zero attached hydrogens (tertiary/aromatic N) is 1. The third kappa shape index (κ3) is 33.9. The summed E-state index contributed by atoms with van der Waals surface area (Å²) in [4.78, 5) is 35.0. The van der Waals surface area contributed by atoms with Crippen LogP contribution >= 0.6 is 7.82 Å². The van der Waals surface area contributed by atoms with Gasteiger partial charge in [-0.15, -0.1) is 0 Å². The van der Waals surface area contributed by atoms with E-state index in [0.717, 1.165) is 38.5 Å². The second kappa shape index (κ2) is 31.0. The van der Waals surface area contributed by atoms with E-state index in [1.54, 1.807) is 0 Å². The van der Waals surface area contributed by atoms with E-state index in [0.29, 0.717) is 23.9 Å². The zero-order chi connectivity index (χ0) is 35.8. The average Bonchev–Trinajstić information content (AvgIpc) is 3.02. The molecule has 0 aliphatic heterocycles. The minimum atomic E-state index is -4.38. The molecule has 0 heterocycles. The van der Waals surface area contributed by atoms with Gasteiger partial charge in [-0.3, -0.25) is 18.6 Å². The normalized spacial score (nSPS) is 14.4. The van der Waals surface area contributed by atoms with Crippen LogP contribution in [0.3, 0.4) is 0 Å². The van der Waals surface area contributed by atoms with Gasteiger partial charge in [0.2, 0.25) is 0 Å². The fourth-order valence-corrected chi connectivity index (χ4v) is 5.16. The van der Waals surface area contributed by atoms with Gasteiger partial charge in [-0.1, -0.05) is 114 Å². The summed E-state index contributed by atoms with van der Waals surface area (Å²) >= 11 is 0. The quantitative estimate of drug-likeness (QED) is 0.0243. The van der Waals surface area contributed by atoms with Crippen LogP contribution in [0.2, 0.25) is 0 Å². The highest BCUT2D eigenvalue weighted by Crippen LogP contribution is 2.43. The Labute approximate surface area is 293 Å². The van der Waals surface area contributed by atoms with Crippen LogP contribution < -0.4 is 0 Å². The van der Waals surface area contributed by atoms with Gasteiger partial charge in [0, 0.05) is 12.8 Å². The fraction of sp³-hybridized carbons (Fsp3) is 0.737. The van der Waals surface area contributed by atoms with Crippen LogP contribution in [-0.4, -0.2) is 74.9 Å². The maximum absolute atomic E-state index is 12.6. The Hall–Kier alpha value is -2.03. The molecule has 0 rings (SSSR count). The van der Waals surface area contributed by atoms with Crippen LogP contribution in [0.25, 0.3) is 0 Å². The molecule has 0 fully saturated rings. The number of ether oxygens (including phenoxy) is 2. The number of carbonyl (C=O) groups is 2. The van der Waals surface area contributed by atoms with Crippen LogP contribution in [0, 0.1) is 0 Å². The molecule has 0 aliphatic rings. The van der Waals surface area contributed by atoms with Crippen molar-refractivity contribution in [2.75, 3.05) is 47.5 Å². The molecule has 0 aromatic carbocycles. The van der Waals surface area contributed by atoms with Gasteiger partial charge in [-0.05, 0) is 51.4 Å². The fourth-order valence-electron chi connectivity index (χ4n) is 4.42. The Kier molecular flexibility index (Phi) is 29.7. The van der Waals surface area contributed by atoms with Gasteiger partial charge in [0.1, 0.15) is 19.8 Å². The summed E-state index contributed by atoms with van der Waals surface area (Å²) in [5.74, 6) is -0.877. The van der Waals surface area contributed by atoms with Crippen molar-refractivity contribution in [3.63, 3.8) is 0 Å². The standard InChI is InChI=1S/C38H68NO8P/c1-6-8-10-12-14-15-16-17-18-19-20-21-22-23-25-27-29-31-38(41)47-36(35-46-48(42,43)45-33-32-39(3,4)5)34-44-37(40)30-28-26-24-13-11-9-7-2/h14-15,17-18,20-21,23,25,36H,6-13,16,19,22,24,26-35H2,1-5H3/p+1/b15-14+,18-17+,21-20+,25-23+/t36-/m1/s1. The molecule has 9 nitrogen and oxygen atoms in total. The summed E-state index contributed by atoms with van der Waals surface area (Å²) in [6.45, 7) is 4.25. The maximum Gasteiger partial charge on any atom is 0.472 e. The van der Waals surface area contributed by atoms with Gasteiger partial charge in [-0.25, -0.2) is 4.57 Å². The van der Waals surface area contributed by atoms with E-state index in [2.05, 4.69) is 56.4 Å². The number of hydrogen-bond donors (Lipinski definition) is 1. The first-order valence-electron chi connectivity index (χ1n) is 18.4. The number of quaternary nitrogens is 1. The van der Waals surface area contributed by atoms with Gasteiger partial charge in [0.05, 0.1) is 27.7 Å². The summed E-state index contributed by atoms with van der Waals surface area (Å²) < 4.78 is 33.9. The molecule has 10 heteroatoms. The maximum atomic E-state index is 12.6. The first-order chi connectivity index (χ1) is 23.0. The predicted molar refractivity (Wildman–Crippen MR) is 196 cm³/mol. The lowest BCUT2D eigenvalue weighted by atomic mass is 10.1. The third-order valence-electron chi connectivity index (χ3n) is 7.36. The number of unbranched alkanes of at least 4 members (excludes halogenated alkanes) is 10. The van der Waals surface area contributed by atoms with Gasteiger partial charge in [0.25, 0.3) is 0 Å². The smallest absolute Gasteiger partial charge is 0.462 e. The molecular weight excluding hydrogens is 629 g/mol. The highest BCUT2D eigenvalue weighted by Gasteiger charge is 2.27. The van der Waals surface area contributed by atoms with Crippen LogP contribution in [0.5, 0.6) is 0 Å². The molecule has 1 unspecified atom stereocenters. The summed E-state index contributed by atoms with van der Waals surface area (Å²) in [5, 5.41) is 0. The van der Waals surface area contributed by atoms with Crippen molar-refractivity contribution in [3.05, 3.63) is 48.6 Å². The molecule has 0 bridgehead atoms. The van der Waals surface area contributed by atoms with Crippen LogP contribution in [0.4, 0.5) is 0 Å². The van der Waals surface area contributed by atoms with E-state index in [-0.39, 0.29) is 26.1 Å². The van der Waals surface area contributed by atoms with E-state index in [4.69, 9.17) is 18.5 Å². The SMILES string of the molecule is CCCCC/C=C/C/C=C/C/C=C/C/C=C/CCCC(=O)O[C@H](COC(=O)CCCCCCCCC)COP(=O)(O)OCC[N+](C)(C)C. The summed E-state index contributed by atoms with van der Waals surface area (Å²) in [6, 6.07) is 0. The van der Waals surface area contributed by atoms with Crippen molar-refractivity contribution in [1.29, 1.82) is 0 Å². The van der Waals surface area contributed by atoms with Crippen molar-refractivity contribution >= 4 is 19.8 Å². The molecule has 0 saturated heterocycles. The zero-order valence-electron chi connectivity index (χ0n) is 31.0. The van der Waals surface area contributed by atoms with Crippen LogP contribution in [0.1, 0.15) is 129 Å². The molecule has 1 N–H and O–H groups in total. The van der Waals surface area contributed by atoms with Crippen molar-refractivity contribution in [2.24, 2.45) is 0 Å². The first kappa shape index (κ1) is 46.0. The number of allylic oxidation sites excluding steroid dienone is 8. The molecule has 278 valence electrons. The number of phosphoric acid groups is 1. The highest BCUT2D eigenvalue weighted by molar-refractivity contribution is 7.47. The molecule has 0 spiro atoms. The number of phosphoric ester groups is 1. The number of carbonyl (C=O) groups excluding carboxylic acids is 2. The average molecular weight is 699 g/mol. The van der Waals surface area contributed by atoms with Crippen molar-refractivity contribution in [3.8, 4) is 0 Å². The highest BCUT2D eigenvalue weighted by atomic mass is 31.2. The topological polar surface area (TPSA) is 108 Å². The van der Waals surface area contributed by atoms with E-state index < -0.39 is 32.5 Å². The summed E-state index contributed by atoms with van der Waals surface area (Å²) in [7, 11) is 1.43. The molecule has 0 radical (unpaired) electrons. The largest absolute Gasteiger partial charge is 0.472 e. The number of esters is 2. The van der Waals surface area contributed by atoms with Gasteiger partial charge >= 0.3 is 19.8 Å². The van der Waals surface area contributed by atoms with Gasteiger partial charge in [0.15, 0.2) is 6.10 Å². The molecule has 48 heavy (non-hydrogen) atoms. The number of rotatable bonds is 32. The Morgan fingerprint density at radius 2 is 1.15 bits per heavy atom. The van der Waals surface area contributed by atoms with E-state index >= 15 is 0 Å². The Morgan fingerprint density at radius 1 is 0.646 bits per heavy atom. The van der Waals surface area contributed by atoms with E-state index in [1.165, 1.54) is 51.4 Å². The lowest BCUT2D eigenvalue weighted by Gasteiger charge is -2.24. The molecular formula is C38H69NO8P+. The zero-order valence-corrected chi connectivity index (χ0v) is 31.8. The second-order valence-electron chi connectivity index (χ2n) is 13.3. The Morgan fingerprint density at radius 3 is 1.73 bits per heavy atom. The molecule has 0 aliphatic carbocycles. The van der Waals surface area contributed by atoms with E-state index in [1.807, 2.05) is 27.2 Å². The molecule has 0 amide bonds. The Balaban J connectivity index is 4.53. The molecule has 0 aromatic heterocycles. The minimum Gasteiger partial charge on any atom is -0.462 e. The lowest BCUT2D eigenvalue weighted by Crippen LogP contribution is -2.37. The number of likely N-dealkylation sites (N-methyl/N-ethyl adjacent to an activating group) is 1. The first-order valence-corrected chi connectivity index (χ1v) is 19.9. The monoisotopic (exact) mass is 698 g/mol. The molecule has 2 atom stereocenters. The van der Waals surface area contributed by atoms with Crippen molar-refractivity contribution in [1.82, 2.24) is 0 Å². The molecule has 0 aromatic rings. The second-order valence-corrected chi connectivity index (χ2v) is 14.7. The summed E-state index contributed by atoms with van der Waals surface area (Å²) in [5.41, 5.74) is 0. The van der Waals surface area contributed by atoms with E-state index in [9.17, 15) is 19.0 Å². The van der Waals surface area contributed by atoms with Gasteiger partial charge in [-0.2, -0.15) is 0 Å². The number of hydrogen-bond acceptors (Lipinski definition) is 7. The van der Waals surface area contributed by atoms with Gasteiger partial charge < -0.3 is 18.9 Å². The minimum absolute atomic E-state index is 0.0205. The van der Waals surface area contributed by atoms with Crippen molar-refractivity contribution < 1.29 is 42.1 Å². The Bertz CT molecular complexity index is 970. The van der Waals surface area contributed by atoms with Crippen molar-refractivity contribution in [2.45, 2.75) is 136 Å². The van der Waals surface area contributed by atoms with Crippen LogP contribution in [0.15, 0.2) is 48.6 Å². The predicted octanol–water partition coefficient (Wildman–Crippen LogP) is 9.57. The third-order valence-corrected chi connectivity index (χ3v) is 8.35. The lowest BCUT2D eigenvalue weighted by molar-refractivity contribution is -0.870. The molecule has 0 saturated carbocycles. The summed E-state index contributed by atoms with van der Waals surface area (Å²) in [6.07, 6.45) is 33.3.